The number of carbonyl (C=O) groups is 2. The molecule has 0 aromatic rings. The lowest BCUT2D eigenvalue weighted by Gasteiger charge is -2.44. The van der Waals surface area contributed by atoms with E-state index in [9.17, 15) is 9.59 Å². The molecule has 152 valence electrons. The number of nitrogens with one attached hydrogen (secondary N) is 2. The zero-order valence-electron chi connectivity index (χ0n) is 16.7. The molecule has 4 rings (SSSR count). The van der Waals surface area contributed by atoms with Gasteiger partial charge in [0.05, 0.1) is 0 Å². The molecule has 2 heterocycles. The number of carbonyl (C=O) groups excluding carboxylic acids is 2. The molecule has 0 aromatic heterocycles. The number of fused-ring (bicyclic) bond motifs is 1. The third-order valence-corrected chi connectivity index (χ3v) is 7.28. The van der Waals surface area contributed by atoms with Gasteiger partial charge in [-0.15, -0.1) is 0 Å². The van der Waals surface area contributed by atoms with E-state index in [1.165, 1.54) is 38.6 Å². The van der Waals surface area contributed by atoms with Gasteiger partial charge in [-0.25, -0.2) is 4.79 Å². The standard InChI is InChI=1S/C21H36N4O2/c26-19(25-15-14-24-13-7-10-18(24)16-25)21(11-5-2-6-12-21)23-20(27)22-17-8-3-1-4-9-17/h17-18H,1-16H2,(H2,22,23,27)/t18-/m1/s1. The fourth-order valence-corrected chi connectivity index (χ4v) is 5.71. The number of hydrogen-bond acceptors (Lipinski definition) is 3. The van der Waals surface area contributed by atoms with Gasteiger partial charge in [0.15, 0.2) is 0 Å². The maximum absolute atomic E-state index is 13.6. The smallest absolute Gasteiger partial charge is 0.315 e. The van der Waals surface area contributed by atoms with Crippen LogP contribution in [0.2, 0.25) is 0 Å². The molecular weight excluding hydrogens is 340 g/mol. The first-order valence-electron chi connectivity index (χ1n) is 11.3. The maximum atomic E-state index is 13.6. The van der Waals surface area contributed by atoms with Crippen LogP contribution in [0.1, 0.15) is 77.0 Å². The Balaban J connectivity index is 1.41. The summed E-state index contributed by atoms with van der Waals surface area (Å²) in [6.45, 7) is 3.82. The van der Waals surface area contributed by atoms with E-state index in [4.69, 9.17) is 0 Å². The van der Waals surface area contributed by atoms with Crippen molar-refractivity contribution < 1.29 is 9.59 Å². The Kier molecular flexibility index (Phi) is 5.90. The topological polar surface area (TPSA) is 64.7 Å². The number of hydrogen-bond donors (Lipinski definition) is 2. The SMILES string of the molecule is O=C(NC1CCCCC1)NC1(C(=O)N2CCN3CCC[C@@H]3C2)CCCCC1. The lowest BCUT2D eigenvalue weighted by atomic mass is 9.80. The molecule has 0 aromatic carbocycles. The summed E-state index contributed by atoms with van der Waals surface area (Å²) in [7, 11) is 0. The van der Waals surface area contributed by atoms with Crippen molar-refractivity contribution in [2.24, 2.45) is 0 Å². The molecule has 0 radical (unpaired) electrons. The second kappa shape index (κ2) is 8.38. The first-order valence-corrected chi connectivity index (χ1v) is 11.3. The third-order valence-electron chi connectivity index (χ3n) is 7.28. The summed E-state index contributed by atoms with van der Waals surface area (Å²) in [6, 6.07) is 0.674. The molecule has 3 amide bonds. The highest BCUT2D eigenvalue weighted by Crippen LogP contribution is 2.32. The Hall–Kier alpha value is -1.30. The zero-order chi connectivity index (χ0) is 18.7. The molecule has 2 saturated carbocycles. The van der Waals surface area contributed by atoms with E-state index < -0.39 is 5.54 Å². The van der Waals surface area contributed by atoms with Crippen LogP contribution in [0.5, 0.6) is 0 Å². The van der Waals surface area contributed by atoms with Crippen LogP contribution in [0.25, 0.3) is 0 Å². The molecule has 2 N–H and O–H groups in total. The molecule has 6 nitrogen and oxygen atoms in total. The van der Waals surface area contributed by atoms with Gasteiger partial charge in [-0.2, -0.15) is 0 Å². The fourth-order valence-electron chi connectivity index (χ4n) is 5.71. The van der Waals surface area contributed by atoms with Crippen molar-refractivity contribution in [1.82, 2.24) is 20.4 Å². The van der Waals surface area contributed by atoms with Gasteiger partial charge in [0.1, 0.15) is 5.54 Å². The van der Waals surface area contributed by atoms with Crippen LogP contribution < -0.4 is 10.6 Å². The van der Waals surface area contributed by atoms with Crippen molar-refractivity contribution in [1.29, 1.82) is 0 Å². The Morgan fingerprint density at radius 2 is 1.56 bits per heavy atom. The number of nitrogens with zero attached hydrogens (tertiary/aromatic N) is 2. The van der Waals surface area contributed by atoms with E-state index in [0.29, 0.717) is 6.04 Å². The van der Waals surface area contributed by atoms with Crippen molar-refractivity contribution in [2.45, 2.75) is 94.7 Å². The average Bonchev–Trinajstić information content (AvgIpc) is 3.16. The van der Waals surface area contributed by atoms with Crippen LogP contribution in [0.3, 0.4) is 0 Å². The molecule has 0 spiro atoms. The van der Waals surface area contributed by atoms with Gasteiger partial charge >= 0.3 is 6.03 Å². The van der Waals surface area contributed by atoms with Gasteiger partial charge in [-0.05, 0) is 45.1 Å². The second-order valence-electron chi connectivity index (χ2n) is 9.16. The summed E-state index contributed by atoms with van der Waals surface area (Å²) in [4.78, 5) is 30.9. The Labute approximate surface area is 163 Å². The third kappa shape index (κ3) is 4.25. The molecule has 2 aliphatic heterocycles. The Morgan fingerprint density at radius 1 is 0.815 bits per heavy atom. The molecule has 1 atom stereocenters. The van der Waals surface area contributed by atoms with Crippen LogP contribution >= 0.6 is 0 Å². The average molecular weight is 377 g/mol. The highest BCUT2D eigenvalue weighted by atomic mass is 16.2. The Morgan fingerprint density at radius 3 is 2.33 bits per heavy atom. The van der Waals surface area contributed by atoms with E-state index in [0.717, 1.165) is 64.6 Å². The Bertz CT molecular complexity index is 540. The van der Waals surface area contributed by atoms with Crippen LogP contribution in [-0.4, -0.2) is 65.5 Å². The summed E-state index contributed by atoms with van der Waals surface area (Å²) < 4.78 is 0. The summed E-state index contributed by atoms with van der Waals surface area (Å²) in [5, 5.41) is 6.34. The van der Waals surface area contributed by atoms with E-state index in [-0.39, 0.29) is 18.0 Å². The first kappa shape index (κ1) is 19.0. The summed E-state index contributed by atoms with van der Waals surface area (Å²) in [5.41, 5.74) is -0.683. The number of amides is 3. The van der Waals surface area contributed by atoms with Crippen molar-refractivity contribution in [3.05, 3.63) is 0 Å². The van der Waals surface area contributed by atoms with Crippen LogP contribution in [0.15, 0.2) is 0 Å². The molecule has 0 unspecified atom stereocenters. The predicted molar refractivity (Wildman–Crippen MR) is 106 cm³/mol. The van der Waals surface area contributed by atoms with Crippen molar-refractivity contribution in [2.75, 3.05) is 26.2 Å². The van der Waals surface area contributed by atoms with E-state index in [1.54, 1.807) is 0 Å². The molecule has 2 aliphatic carbocycles. The highest BCUT2D eigenvalue weighted by molar-refractivity contribution is 5.91. The molecule has 2 saturated heterocycles. The largest absolute Gasteiger partial charge is 0.338 e. The molecule has 6 heteroatoms. The van der Waals surface area contributed by atoms with Gasteiger partial charge < -0.3 is 15.5 Å². The summed E-state index contributed by atoms with van der Waals surface area (Å²) in [6.07, 6.45) is 13.0. The lowest BCUT2D eigenvalue weighted by Crippen LogP contribution is -2.65. The highest BCUT2D eigenvalue weighted by Gasteiger charge is 2.45. The van der Waals surface area contributed by atoms with Crippen LogP contribution in [0, 0.1) is 0 Å². The van der Waals surface area contributed by atoms with Gasteiger partial charge in [0.25, 0.3) is 0 Å². The monoisotopic (exact) mass is 376 g/mol. The summed E-state index contributed by atoms with van der Waals surface area (Å²) >= 11 is 0. The molecule has 4 fully saturated rings. The zero-order valence-corrected chi connectivity index (χ0v) is 16.7. The minimum Gasteiger partial charge on any atom is -0.338 e. The summed E-state index contributed by atoms with van der Waals surface area (Å²) in [5.74, 6) is 0.174. The molecule has 27 heavy (non-hydrogen) atoms. The van der Waals surface area contributed by atoms with Crippen LogP contribution in [0.4, 0.5) is 4.79 Å². The molecule has 0 bridgehead atoms. The quantitative estimate of drug-likeness (QED) is 0.796. The normalized spacial score (nSPS) is 29.2. The van der Waals surface area contributed by atoms with Crippen molar-refractivity contribution in [3.8, 4) is 0 Å². The first-order chi connectivity index (χ1) is 13.2. The molecular formula is C21H36N4O2. The predicted octanol–water partition coefficient (Wildman–Crippen LogP) is 2.63. The van der Waals surface area contributed by atoms with Crippen molar-refractivity contribution in [3.63, 3.8) is 0 Å². The maximum Gasteiger partial charge on any atom is 0.315 e. The van der Waals surface area contributed by atoms with Gasteiger partial charge in [-0.3, -0.25) is 9.69 Å². The minimum absolute atomic E-state index is 0.128. The van der Waals surface area contributed by atoms with E-state index in [1.807, 2.05) is 0 Å². The number of rotatable bonds is 3. The van der Waals surface area contributed by atoms with Crippen molar-refractivity contribution >= 4 is 11.9 Å². The number of urea groups is 1. The van der Waals surface area contributed by atoms with Gasteiger partial charge in [0.2, 0.25) is 5.91 Å². The van der Waals surface area contributed by atoms with E-state index in [2.05, 4.69) is 20.4 Å². The fraction of sp³-hybridized carbons (Fsp3) is 0.905. The number of piperazine rings is 1. The van der Waals surface area contributed by atoms with Gasteiger partial charge in [0, 0.05) is 31.7 Å². The lowest BCUT2D eigenvalue weighted by molar-refractivity contribution is -0.142. The van der Waals surface area contributed by atoms with Crippen LogP contribution in [-0.2, 0) is 4.79 Å². The van der Waals surface area contributed by atoms with E-state index >= 15 is 0 Å². The minimum atomic E-state index is -0.683. The second-order valence-corrected chi connectivity index (χ2v) is 9.16. The molecule has 4 aliphatic rings. The van der Waals surface area contributed by atoms with Gasteiger partial charge in [-0.1, -0.05) is 38.5 Å².